The summed E-state index contributed by atoms with van der Waals surface area (Å²) < 4.78 is 49.9. The van der Waals surface area contributed by atoms with Crippen molar-refractivity contribution in [2.24, 2.45) is 5.73 Å². The van der Waals surface area contributed by atoms with Crippen LogP contribution in [-0.2, 0) is 9.84 Å². The van der Waals surface area contributed by atoms with Gasteiger partial charge in [-0.15, -0.1) is 0 Å². The molecule has 0 aliphatic heterocycles. The van der Waals surface area contributed by atoms with Crippen LogP contribution in [0.5, 0.6) is 0 Å². The normalized spacial score (nSPS) is 25.1. The van der Waals surface area contributed by atoms with Crippen LogP contribution in [0.1, 0.15) is 19.3 Å². The van der Waals surface area contributed by atoms with Gasteiger partial charge in [0, 0.05) is 6.04 Å². The van der Waals surface area contributed by atoms with Gasteiger partial charge < -0.3 is 5.73 Å². The zero-order valence-electron chi connectivity index (χ0n) is 9.07. The molecule has 1 aromatic carbocycles. The Kier molecular flexibility index (Phi) is 3.18. The van der Waals surface area contributed by atoms with E-state index in [1.54, 1.807) is 0 Å². The number of halogens is 2. The van der Waals surface area contributed by atoms with Crippen molar-refractivity contribution in [2.75, 3.05) is 0 Å². The Bertz CT molecular complexity index is 530. The molecular weight excluding hydrogens is 248 g/mol. The maximum absolute atomic E-state index is 13.0. The third kappa shape index (κ3) is 2.32. The lowest BCUT2D eigenvalue weighted by Crippen LogP contribution is -2.22. The molecule has 1 aliphatic carbocycles. The molecule has 6 heteroatoms. The van der Waals surface area contributed by atoms with Crippen molar-refractivity contribution in [3.8, 4) is 0 Å². The molecule has 3 nitrogen and oxygen atoms in total. The van der Waals surface area contributed by atoms with Gasteiger partial charge in [-0.25, -0.2) is 17.2 Å². The zero-order valence-corrected chi connectivity index (χ0v) is 9.88. The Morgan fingerprint density at radius 2 is 1.88 bits per heavy atom. The third-order valence-electron chi connectivity index (χ3n) is 3.08. The van der Waals surface area contributed by atoms with Crippen molar-refractivity contribution in [1.29, 1.82) is 0 Å². The highest BCUT2D eigenvalue weighted by Crippen LogP contribution is 2.29. The van der Waals surface area contributed by atoms with Gasteiger partial charge in [-0.3, -0.25) is 0 Å². The smallest absolute Gasteiger partial charge is 0.181 e. The highest BCUT2D eigenvalue weighted by atomic mass is 32.2. The number of nitrogens with two attached hydrogens (primary N) is 1. The van der Waals surface area contributed by atoms with Crippen LogP contribution < -0.4 is 5.73 Å². The molecule has 0 heterocycles. The van der Waals surface area contributed by atoms with E-state index in [-0.39, 0.29) is 10.9 Å². The quantitative estimate of drug-likeness (QED) is 0.823. The Morgan fingerprint density at radius 3 is 2.41 bits per heavy atom. The summed E-state index contributed by atoms with van der Waals surface area (Å²) in [6.07, 6.45) is 1.50. The number of hydrogen-bond donors (Lipinski definition) is 1. The molecule has 1 fully saturated rings. The van der Waals surface area contributed by atoms with E-state index in [1.165, 1.54) is 0 Å². The van der Waals surface area contributed by atoms with E-state index in [0.29, 0.717) is 19.3 Å². The molecule has 0 radical (unpaired) electrons. The monoisotopic (exact) mass is 261 g/mol. The standard InChI is InChI=1S/C11H13F2NO2S/c12-10-4-3-9(6-11(10)13)17(15,16)8-2-1-7(14)5-8/h3-4,6-8H,1-2,5,14H2. The van der Waals surface area contributed by atoms with Crippen LogP contribution in [0.4, 0.5) is 8.78 Å². The zero-order chi connectivity index (χ0) is 12.6. The first-order chi connectivity index (χ1) is 7.91. The van der Waals surface area contributed by atoms with E-state index in [4.69, 9.17) is 5.73 Å². The van der Waals surface area contributed by atoms with E-state index in [0.717, 1.165) is 18.2 Å². The van der Waals surface area contributed by atoms with E-state index >= 15 is 0 Å². The first-order valence-electron chi connectivity index (χ1n) is 5.36. The number of rotatable bonds is 2. The van der Waals surface area contributed by atoms with Crippen LogP contribution in [0.3, 0.4) is 0 Å². The van der Waals surface area contributed by atoms with Crippen molar-refractivity contribution < 1.29 is 17.2 Å². The maximum Gasteiger partial charge on any atom is 0.181 e. The van der Waals surface area contributed by atoms with Gasteiger partial charge in [0.25, 0.3) is 0 Å². The van der Waals surface area contributed by atoms with E-state index in [2.05, 4.69) is 0 Å². The summed E-state index contributed by atoms with van der Waals surface area (Å²) in [5, 5.41) is -0.581. The average Bonchev–Trinajstić information content (AvgIpc) is 2.69. The molecule has 1 aromatic rings. The summed E-state index contributed by atoms with van der Waals surface area (Å²) in [6.45, 7) is 0. The minimum atomic E-state index is -3.60. The van der Waals surface area contributed by atoms with Gasteiger partial charge in [-0.2, -0.15) is 0 Å². The van der Waals surface area contributed by atoms with Crippen molar-refractivity contribution in [3.63, 3.8) is 0 Å². The van der Waals surface area contributed by atoms with E-state index < -0.39 is 26.7 Å². The lowest BCUT2D eigenvalue weighted by molar-refractivity contribution is 0.504. The Hall–Kier alpha value is -1.01. The highest BCUT2D eigenvalue weighted by Gasteiger charge is 2.34. The summed E-state index contributed by atoms with van der Waals surface area (Å²) in [4.78, 5) is -0.171. The molecule has 1 aliphatic rings. The second-order valence-electron chi connectivity index (χ2n) is 4.32. The van der Waals surface area contributed by atoms with Crippen LogP contribution in [0.25, 0.3) is 0 Å². The SMILES string of the molecule is NC1CCC(S(=O)(=O)c2ccc(F)c(F)c2)C1. The molecule has 0 amide bonds. The lowest BCUT2D eigenvalue weighted by Gasteiger charge is -2.11. The van der Waals surface area contributed by atoms with Gasteiger partial charge in [0.05, 0.1) is 10.1 Å². The first kappa shape index (κ1) is 12.4. The fraction of sp³-hybridized carbons (Fsp3) is 0.455. The predicted octanol–water partition coefficient (Wildman–Crippen LogP) is 1.62. The van der Waals surface area contributed by atoms with Gasteiger partial charge in [0.15, 0.2) is 21.5 Å². The fourth-order valence-corrected chi connectivity index (χ4v) is 3.96. The van der Waals surface area contributed by atoms with Crippen LogP contribution in [-0.4, -0.2) is 19.7 Å². The van der Waals surface area contributed by atoms with Gasteiger partial charge in [-0.05, 0) is 37.5 Å². The molecule has 0 spiro atoms. The van der Waals surface area contributed by atoms with Gasteiger partial charge in [0.2, 0.25) is 0 Å². The second kappa shape index (κ2) is 4.34. The maximum atomic E-state index is 13.0. The summed E-state index contributed by atoms with van der Waals surface area (Å²) in [5.41, 5.74) is 5.66. The Balaban J connectivity index is 2.35. The van der Waals surface area contributed by atoms with Crippen molar-refractivity contribution in [1.82, 2.24) is 0 Å². The van der Waals surface area contributed by atoms with Crippen LogP contribution in [0.15, 0.2) is 23.1 Å². The van der Waals surface area contributed by atoms with Crippen molar-refractivity contribution in [3.05, 3.63) is 29.8 Å². The Labute approximate surface area is 98.5 Å². The van der Waals surface area contributed by atoms with E-state index in [1.807, 2.05) is 0 Å². The molecule has 0 saturated heterocycles. The fourth-order valence-electron chi connectivity index (χ4n) is 2.10. The molecule has 2 rings (SSSR count). The van der Waals surface area contributed by atoms with Gasteiger partial charge in [-0.1, -0.05) is 0 Å². The van der Waals surface area contributed by atoms with Crippen LogP contribution in [0.2, 0.25) is 0 Å². The summed E-state index contributed by atoms with van der Waals surface area (Å²) in [5.74, 6) is -2.19. The lowest BCUT2D eigenvalue weighted by atomic mass is 10.3. The molecule has 2 unspecified atom stereocenters. The number of sulfone groups is 1. The summed E-state index contributed by atoms with van der Waals surface area (Å²) in [6, 6.07) is 2.53. The molecule has 0 bridgehead atoms. The molecule has 2 N–H and O–H groups in total. The average molecular weight is 261 g/mol. The van der Waals surface area contributed by atoms with Crippen molar-refractivity contribution in [2.45, 2.75) is 35.4 Å². The molecule has 0 aromatic heterocycles. The molecule has 94 valence electrons. The van der Waals surface area contributed by atoms with Gasteiger partial charge >= 0.3 is 0 Å². The van der Waals surface area contributed by atoms with Crippen LogP contribution >= 0.6 is 0 Å². The topological polar surface area (TPSA) is 60.2 Å². The molecular formula is C11H13F2NO2S. The van der Waals surface area contributed by atoms with Crippen LogP contribution in [0, 0.1) is 11.6 Å². The molecule has 17 heavy (non-hydrogen) atoms. The Morgan fingerprint density at radius 1 is 1.18 bits per heavy atom. The van der Waals surface area contributed by atoms with E-state index in [9.17, 15) is 17.2 Å². The predicted molar refractivity (Wildman–Crippen MR) is 59.2 cm³/mol. The van der Waals surface area contributed by atoms with Gasteiger partial charge in [0.1, 0.15) is 0 Å². The number of hydrogen-bond acceptors (Lipinski definition) is 3. The minimum Gasteiger partial charge on any atom is -0.328 e. The molecule has 2 atom stereocenters. The third-order valence-corrected chi connectivity index (χ3v) is 5.30. The van der Waals surface area contributed by atoms with Crippen molar-refractivity contribution >= 4 is 9.84 Å². The minimum absolute atomic E-state index is 0.125. The first-order valence-corrected chi connectivity index (χ1v) is 6.90. The molecule has 1 saturated carbocycles. The largest absolute Gasteiger partial charge is 0.328 e. The second-order valence-corrected chi connectivity index (χ2v) is 6.54. The summed E-state index contributed by atoms with van der Waals surface area (Å²) >= 11 is 0. The number of benzene rings is 1. The highest BCUT2D eigenvalue weighted by molar-refractivity contribution is 7.92. The summed E-state index contributed by atoms with van der Waals surface area (Å²) in [7, 11) is -3.60.